The molecule has 2 aromatic rings. The largest absolute Gasteiger partial charge is 0.396 e. The van der Waals surface area contributed by atoms with E-state index in [1.807, 2.05) is 0 Å². The number of ketones is 1. The molecule has 0 aliphatic heterocycles. The molecule has 0 unspecified atom stereocenters. The van der Waals surface area contributed by atoms with E-state index in [9.17, 15) is 9.18 Å². The van der Waals surface area contributed by atoms with Crippen LogP contribution in [0.5, 0.6) is 0 Å². The van der Waals surface area contributed by atoms with Gasteiger partial charge in [0, 0.05) is 23.1 Å². The number of carbonyl (C=O) groups is 1. The lowest BCUT2D eigenvalue weighted by atomic mass is 10.1. The average molecular weight is 236 g/mol. The molecule has 0 saturated carbocycles. The molecule has 0 saturated heterocycles. The van der Waals surface area contributed by atoms with Crippen LogP contribution in [0.3, 0.4) is 0 Å². The van der Waals surface area contributed by atoms with Crippen LogP contribution in [-0.4, -0.2) is 10.8 Å². The Morgan fingerprint density at radius 3 is 2.94 bits per heavy atom. The van der Waals surface area contributed by atoms with Crippen molar-refractivity contribution < 1.29 is 9.18 Å². The maximum Gasteiger partial charge on any atom is 0.168 e. The third-order valence-corrected chi connectivity index (χ3v) is 2.92. The Balaban J connectivity index is 2.18. The minimum Gasteiger partial charge on any atom is -0.396 e. The predicted molar refractivity (Wildman–Crippen MR) is 61.0 cm³/mol. The van der Waals surface area contributed by atoms with Crippen LogP contribution >= 0.6 is 11.3 Å². The summed E-state index contributed by atoms with van der Waals surface area (Å²) >= 11 is 1.40. The highest BCUT2D eigenvalue weighted by Gasteiger charge is 2.10. The van der Waals surface area contributed by atoms with Gasteiger partial charge in [0.15, 0.2) is 5.78 Å². The number of aromatic nitrogens is 1. The number of carbonyl (C=O) groups excluding carboxylic acids is 1. The van der Waals surface area contributed by atoms with Crippen molar-refractivity contribution in [1.82, 2.24) is 4.98 Å². The third kappa shape index (κ3) is 2.25. The Hall–Kier alpha value is -1.75. The maximum absolute atomic E-state index is 13.1. The van der Waals surface area contributed by atoms with Crippen molar-refractivity contribution in [1.29, 1.82) is 0 Å². The van der Waals surface area contributed by atoms with Crippen LogP contribution in [0.15, 0.2) is 29.9 Å². The first-order valence-electron chi connectivity index (χ1n) is 4.62. The van der Waals surface area contributed by atoms with E-state index in [0.29, 0.717) is 5.56 Å². The van der Waals surface area contributed by atoms with E-state index in [-0.39, 0.29) is 17.9 Å². The van der Waals surface area contributed by atoms with Crippen molar-refractivity contribution >= 4 is 22.8 Å². The highest BCUT2D eigenvalue weighted by atomic mass is 32.1. The van der Waals surface area contributed by atoms with Gasteiger partial charge in [-0.1, -0.05) is 0 Å². The number of benzene rings is 1. The lowest BCUT2D eigenvalue weighted by molar-refractivity contribution is 0.0993. The first-order chi connectivity index (χ1) is 7.66. The zero-order valence-electron chi connectivity index (χ0n) is 8.31. The number of Topliss-reactive ketones (excluding diaryl/α,β-unsaturated/α-hetero) is 1. The highest BCUT2D eigenvalue weighted by molar-refractivity contribution is 7.09. The van der Waals surface area contributed by atoms with Gasteiger partial charge in [-0.15, -0.1) is 11.3 Å². The smallest absolute Gasteiger partial charge is 0.168 e. The Labute approximate surface area is 95.7 Å². The number of thiazole rings is 1. The van der Waals surface area contributed by atoms with Crippen molar-refractivity contribution in [3.8, 4) is 0 Å². The van der Waals surface area contributed by atoms with Gasteiger partial charge in [0.05, 0.1) is 11.2 Å². The Morgan fingerprint density at radius 1 is 1.50 bits per heavy atom. The summed E-state index contributed by atoms with van der Waals surface area (Å²) in [7, 11) is 0. The average Bonchev–Trinajstić information content (AvgIpc) is 2.74. The van der Waals surface area contributed by atoms with Gasteiger partial charge in [-0.25, -0.2) is 4.39 Å². The van der Waals surface area contributed by atoms with Crippen molar-refractivity contribution in [2.24, 2.45) is 0 Å². The Kier molecular flexibility index (Phi) is 2.96. The molecule has 0 spiro atoms. The number of nitrogen functional groups attached to an aromatic ring is 1. The summed E-state index contributed by atoms with van der Waals surface area (Å²) in [5.74, 6) is -0.696. The molecule has 82 valence electrons. The fraction of sp³-hybridized carbons (Fsp3) is 0.0909. The molecule has 2 N–H and O–H groups in total. The summed E-state index contributed by atoms with van der Waals surface area (Å²) in [4.78, 5) is 16.5. The topological polar surface area (TPSA) is 56.0 Å². The molecule has 16 heavy (non-hydrogen) atoms. The van der Waals surface area contributed by atoms with E-state index in [4.69, 9.17) is 5.73 Å². The van der Waals surface area contributed by atoms with Crippen LogP contribution in [0.25, 0.3) is 0 Å². The van der Waals surface area contributed by atoms with Gasteiger partial charge in [-0.3, -0.25) is 9.78 Å². The van der Waals surface area contributed by atoms with E-state index >= 15 is 0 Å². The highest BCUT2D eigenvalue weighted by Crippen LogP contribution is 2.15. The molecule has 1 aromatic carbocycles. The minimum atomic E-state index is -0.560. The summed E-state index contributed by atoms with van der Waals surface area (Å²) in [5, 5.41) is 0. The molecule has 1 heterocycles. The molecule has 1 aromatic heterocycles. The van der Waals surface area contributed by atoms with Crippen LogP contribution in [0.2, 0.25) is 0 Å². The standard InChI is InChI=1S/C11H9FN2OS/c12-9-3-7(1-2-10(9)13)11(15)4-8-5-14-6-16-8/h1-3,5-6H,4,13H2. The fourth-order valence-corrected chi connectivity index (χ4v) is 1.88. The fourth-order valence-electron chi connectivity index (χ4n) is 1.29. The summed E-state index contributed by atoms with van der Waals surface area (Å²) in [6.07, 6.45) is 1.88. The summed E-state index contributed by atoms with van der Waals surface area (Å²) in [5.41, 5.74) is 7.37. The molecular weight excluding hydrogens is 227 g/mol. The normalized spacial score (nSPS) is 10.3. The molecule has 0 aliphatic rings. The summed E-state index contributed by atoms with van der Waals surface area (Å²) in [6.45, 7) is 0. The molecule has 3 nitrogen and oxygen atoms in total. The molecule has 0 fully saturated rings. The van der Waals surface area contributed by atoms with Gasteiger partial charge in [0.1, 0.15) is 5.82 Å². The first-order valence-corrected chi connectivity index (χ1v) is 5.50. The van der Waals surface area contributed by atoms with Gasteiger partial charge < -0.3 is 5.73 Å². The van der Waals surface area contributed by atoms with Crippen LogP contribution < -0.4 is 5.73 Å². The number of hydrogen-bond donors (Lipinski definition) is 1. The minimum absolute atomic E-state index is 0.0503. The van der Waals surface area contributed by atoms with Crippen molar-refractivity contribution in [3.05, 3.63) is 46.2 Å². The number of nitrogens with two attached hydrogens (primary N) is 1. The first kappa shape index (κ1) is 10.8. The molecule has 2 rings (SSSR count). The van der Waals surface area contributed by atoms with Crippen molar-refractivity contribution in [3.63, 3.8) is 0 Å². The van der Waals surface area contributed by atoms with E-state index in [0.717, 1.165) is 4.88 Å². The van der Waals surface area contributed by atoms with Gasteiger partial charge in [-0.2, -0.15) is 0 Å². The SMILES string of the molecule is Nc1ccc(C(=O)Cc2cncs2)cc1F. The molecule has 0 aliphatic carbocycles. The lowest BCUT2D eigenvalue weighted by Crippen LogP contribution is -2.03. The second kappa shape index (κ2) is 4.40. The van der Waals surface area contributed by atoms with Crippen LogP contribution in [-0.2, 0) is 6.42 Å². The van der Waals surface area contributed by atoms with Crippen LogP contribution in [0.1, 0.15) is 15.2 Å². The zero-order valence-corrected chi connectivity index (χ0v) is 9.13. The Morgan fingerprint density at radius 2 is 2.31 bits per heavy atom. The number of halogens is 1. The lowest BCUT2D eigenvalue weighted by Gasteiger charge is -2.01. The van der Waals surface area contributed by atoms with Gasteiger partial charge in [-0.05, 0) is 18.2 Å². The number of nitrogens with zero attached hydrogens (tertiary/aromatic N) is 1. The second-order valence-electron chi connectivity index (χ2n) is 3.30. The monoisotopic (exact) mass is 236 g/mol. The van der Waals surface area contributed by atoms with E-state index in [2.05, 4.69) is 4.98 Å². The molecule has 0 atom stereocenters. The van der Waals surface area contributed by atoms with Gasteiger partial charge >= 0.3 is 0 Å². The second-order valence-corrected chi connectivity index (χ2v) is 4.27. The molecule has 0 amide bonds. The van der Waals surface area contributed by atoms with Crippen molar-refractivity contribution in [2.75, 3.05) is 5.73 Å². The van der Waals surface area contributed by atoms with Gasteiger partial charge in [0.25, 0.3) is 0 Å². The number of hydrogen-bond acceptors (Lipinski definition) is 4. The van der Waals surface area contributed by atoms with E-state index in [1.54, 1.807) is 11.7 Å². The van der Waals surface area contributed by atoms with Gasteiger partial charge in [0.2, 0.25) is 0 Å². The van der Waals surface area contributed by atoms with Crippen molar-refractivity contribution in [2.45, 2.75) is 6.42 Å². The van der Waals surface area contributed by atoms with Crippen LogP contribution in [0.4, 0.5) is 10.1 Å². The quantitative estimate of drug-likeness (QED) is 0.657. The van der Waals surface area contributed by atoms with E-state index in [1.165, 1.54) is 29.5 Å². The van der Waals surface area contributed by atoms with Crippen LogP contribution in [0, 0.1) is 5.82 Å². The summed E-state index contributed by atoms with van der Waals surface area (Å²) in [6, 6.07) is 4.09. The third-order valence-electron chi connectivity index (χ3n) is 2.14. The number of rotatable bonds is 3. The predicted octanol–water partition coefficient (Wildman–Crippen LogP) is 2.29. The van der Waals surface area contributed by atoms with E-state index < -0.39 is 5.82 Å². The maximum atomic E-state index is 13.1. The number of anilines is 1. The zero-order chi connectivity index (χ0) is 11.5. The molecule has 0 radical (unpaired) electrons. The molecule has 5 heteroatoms. The Bertz CT molecular complexity index is 511. The molecule has 0 bridgehead atoms. The molecular formula is C11H9FN2OS. The summed E-state index contributed by atoms with van der Waals surface area (Å²) < 4.78 is 13.1.